The number of nitrogens with zero attached hydrogens (tertiary/aromatic N) is 2. The minimum Gasteiger partial charge on any atom is -0.350 e. The molecule has 1 fully saturated rings. The third-order valence-electron chi connectivity index (χ3n) is 4.36. The van der Waals surface area contributed by atoms with Gasteiger partial charge >= 0.3 is 0 Å². The Labute approximate surface area is 138 Å². The molecular weight excluding hydrogens is 308 g/mol. The van der Waals surface area contributed by atoms with Crippen molar-refractivity contribution in [1.82, 2.24) is 19.9 Å². The van der Waals surface area contributed by atoms with E-state index < -0.39 is 0 Å². The monoisotopic (exact) mass is 328 g/mol. The van der Waals surface area contributed by atoms with Crippen molar-refractivity contribution in [2.75, 3.05) is 6.54 Å². The van der Waals surface area contributed by atoms with E-state index in [1.807, 2.05) is 0 Å². The highest BCUT2D eigenvalue weighted by Crippen LogP contribution is 2.32. The molecule has 24 heavy (non-hydrogen) atoms. The summed E-state index contributed by atoms with van der Waals surface area (Å²) in [5, 5.41) is 2.72. The van der Waals surface area contributed by atoms with E-state index in [9.17, 15) is 14.4 Å². The Morgan fingerprint density at radius 3 is 2.75 bits per heavy atom. The molecule has 1 saturated carbocycles. The van der Waals surface area contributed by atoms with Gasteiger partial charge in [0.2, 0.25) is 5.56 Å². The highest BCUT2D eigenvalue weighted by atomic mass is 16.2. The molecule has 2 N–H and O–H groups in total. The second kappa shape index (κ2) is 7.25. The molecule has 126 valence electrons. The summed E-state index contributed by atoms with van der Waals surface area (Å²) in [6.45, 7) is 0.661. The van der Waals surface area contributed by atoms with Gasteiger partial charge in [-0.15, -0.1) is 0 Å². The van der Waals surface area contributed by atoms with E-state index in [4.69, 9.17) is 0 Å². The minimum absolute atomic E-state index is 0.0924. The summed E-state index contributed by atoms with van der Waals surface area (Å²) in [6, 6.07) is 4.36. The maximum atomic E-state index is 12.2. The van der Waals surface area contributed by atoms with E-state index in [0.29, 0.717) is 24.6 Å². The van der Waals surface area contributed by atoms with Gasteiger partial charge in [-0.25, -0.2) is 4.98 Å². The number of pyridine rings is 1. The van der Waals surface area contributed by atoms with Gasteiger partial charge in [0.1, 0.15) is 0 Å². The molecular formula is C17H20N4O3. The first-order chi connectivity index (χ1) is 11.6. The van der Waals surface area contributed by atoms with E-state index in [1.54, 1.807) is 12.4 Å². The summed E-state index contributed by atoms with van der Waals surface area (Å²) in [7, 11) is 0. The average Bonchev–Trinajstić information content (AvgIpc) is 3.11. The van der Waals surface area contributed by atoms with Gasteiger partial charge in [0.25, 0.3) is 11.5 Å². The van der Waals surface area contributed by atoms with E-state index in [0.717, 1.165) is 18.5 Å². The third-order valence-corrected chi connectivity index (χ3v) is 4.36. The van der Waals surface area contributed by atoms with Crippen LogP contribution in [0.2, 0.25) is 0 Å². The second-order valence-electron chi connectivity index (χ2n) is 6.02. The van der Waals surface area contributed by atoms with Crippen LogP contribution in [0.25, 0.3) is 0 Å². The standard InChI is InChI=1S/C17H20N4O3/c22-15-6-5-13(10-19-15)17(24)18-7-8-21-11-20-14(9-16(21)23)12-3-1-2-4-12/h5-6,9-12H,1-4,7-8H2,(H,18,24)(H,19,22). The van der Waals surface area contributed by atoms with Crippen molar-refractivity contribution in [2.24, 2.45) is 0 Å². The highest BCUT2D eigenvalue weighted by Gasteiger charge is 2.18. The second-order valence-corrected chi connectivity index (χ2v) is 6.02. The molecule has 7 nitrogen and oxygen atoms in total. The van der Waals surface area contributed by atoms with Crippen LogP contribution in [0.1, 0.15) is 47.7 Å². The SMILES string of the molecule is O=C(NCCn1cnc(C2CCCC2)cc1=O)c1ccc(=O)[nH]c1. The van der Waals surface area contributed by atoms with Crippen molar-refractivity contribution >= 4 is 5.91 Å². The first-order valence-electron chi connectivity index (χ1n) is 8.17. The summed E-state index contributed by atoms with van der Waals surface area (Å²) < 4.78 is 1.49. The maximum Gasteiger partial charge on any atom is 0.253 e. The lowest BCUT2D eigenvalue weighted by molar-refractivity contribution is 0.0951. The lowest BCUT2D eigenvalue weighted by Gasteiger charge is -2.11. The van der Waals surface area contributed by atoms with Gasteiger partial charge in [0, 0.05) is 37.3 Å². The minimum atomic E-state index is -0.296. The Kier molecular flexibility index (Phi) is 4.88. The molecule has 2 heterocycles. The number of carbonyl (C=O) groups is 1. The number of rotatable bonds is 5. The number of aromatic amines is 1. The van der Waals surface area contributed by atoms with Crippen molar-refractivity contribution < 1.29 is 4.79 Å². The fourth-order valence-electron chi connectivity index (χ4n) is 3.00. The first kappa shape index (κ1) is 16.2. The molecule has 0 saturated heterocycles. The Balaban J connectivity index is 1.56. The lowest BCUT2D eigenvalue weighted by atomic mass is 10.0. The van der Waals surface area contributed by atoms with Gasteiger partial charge in [-0.05, 0) is 18.9 Å². The average molecular weight is 328 g/mol. The van der Waals surface area contributed by atoms with Gasteiger partial charge in [-0.1, -0.05) is 12.8 Å². The number of carbonyl (C=O) groups excluding carboxylic acids is 1. The van der Waals surface area contributed by atoms with Crippen LogP contribution in [-0.4, -0.2) is 27.0 Å². The van der Waals surface area contributed by atoms with Gasteiger partial charge < -0.3 is 10.3 Å². The zero-order valence-corrected chi connectivity index (χ0v) is 13.3. The topological polar surface area (TPSA) is 96.8 Å². The van der Waals surface area contributed by atoms with E-state index in [1.165, 1.54) is 35.7 Å². The van der Waals surface area contributed by atoms with Crippen LogP contribution in [0.3, 0.4) is 0 Å². The molecule has 0 radical (unpaired) electrons. The van der Waals surface area contributed by atoms with Gasteiger partial charge in [-0.3, -0.25) is 19.0 Å². The molecule has 1 aliphatic carbocycles. The highest BCUT2D eigenvalue weighted by molar-refractivity contribution is 5.93. The smallest absolute Gasteiger partial charge is 0.253 e. The van der Waals surface area contributed by atoms with E-state index >= 15 is 0 Å². The predicted molar refractivity (Wildman–Crippen MR) is 89.1 cm³/mol. The molecule has 1 amide bonds. The molecule has 0 bridgehead atoms. The number of H-pyrrole nitrogens is 1. The molecule has 2 aromatic heterocycles. The maximum absolute atomic E-state index is 12.2. The molecule has 1 aliphatic rings. The molecule has 0 atom stereocenters. The number of hydrogen-bond donors (Lipinski definition) is 2. The van der Waals surface area contributed by atoms with Crippen LogP contribution in [-0.2, 0) is 6.54 Å². The molecule has 7 heteroatoms. The van der Waals surface area contributed by atoms with Crippen LogP contribution in [0, 0.1) is 0 Å². The number of hydrogen-bond acceptors (Lipinski definition) is 4. The number of amides is 1. The fourth-order valence-corrected chi connectivity index (χ4v) is 3.00. The van der Waals surface area contributed by atoms with E-state index in [-0.39, 0.29) is 17.0 Å². The summed E-state index contributed by atoms with van der Waals surface area (Å²) in [5.74, 6) is 0.113. The van der Waals surface area contributed by atoms with Gasteiger partial charge in [0.15, 0.2) is 0 Å². The molecule has 0 aromatic carbocycles. The molecule has 0 unspecified atom stereocenters. The van der Waals surface area contributed by atoms with Crippen molar-refractivity contribution in [2.45, 2.75) is 38.1 Å². The Morgan fingerprint density at radius 1 is 1.29 bits per heavy atom. The number of nitrogens with one attached hydrogen (secondary N) is 2. The largest absolute Gasteiger partial charge is 0.350 e. The zero-order valence-electron chi connectivity index (χ0n) is 13.3. The third kappa shape index (κ3) is 3.79. The van der Waals surface area contributed by atoms with Crippen molar-refractivity contribution in [3.05, 3.63) is 62.7 Å². The summed E-state index contributed by atoms with van der Waals surface area (Å²) in [4.78, 5) is 41.9. The van der Waals surface area contributed by atoms with Crippen LogP contribution >= 0.6 is 0 Å². The van der Waals surface area contributed by atoms with E-state index in [2.05, 4.69) is 15.3 Å². The molecule has 2 aromatic rings. The van der Waals surface area contributed by atoms with Gasteiger partial charge in [0.05, 0.1) is 17.6 Å². The Hall–Kier alpha value is -2.70. The number of aromatic nitrogens is 3. The van der Waals surface area contributed by atoms with Crippen molar-refractivity contribution in [3.63, 3.8) is 0 Å². The Morgan fingerprint density at radius 2 is 2.08 bits per heavy atom. The van der Waals surface area contributed by atoms with Gasteiger partial charge in [-0.2, -0.15) is 0 Å². The zero-order chi connectivity index (χ0) is 16.9. The summed E-state index contributed by atoms with van der Waals surface area (Å²) in [6.07, 6.45) is 7.53. The predicted octanol–water partition coefficient (Wildman–Crippen LogP) is 1.02. The summed E-state index contributed by atoms with van der Waals surface area (Å²) >= 11 is 0. The molecule has 0 spiro atoms. The van der Waals surface area contributed by atoms with Crippen LogP contribution in [0.5, 0.6) is 0 Å². The quantitative estimate of drug-likeness (QED) is 0.856. The lowest BCUT2D eigenvalue weighted by Crippen LogP contribution is -2.31. The molecule has 0 aliphatic heterocycles. The van der Waals surface area contributed by atoms with Crippen LogP contribution < -0.4 is 16.4 Å². The normalized spacial score (nSPS) is 14.7. The molecule has 3 rings (SSSR count). The fraction of sp³-hybridized carbons (Fsp3) is 0.412. The van der Waals surface area contributed by atoms with Crippen molar-refractivity contribution in [1.29, 1.82) is 0 Å². The Bertz CT molecular complexity index is 814. The summed E-state index contributed by atoms with van der Waals surface area (Å²) in [5.41, 5.74) is 0.902. The van der Waals surface area contributed by atoms with Crippen LogP contribution in [0.4, 0.5) is 0 Å². The van der Waals surface area contributed by atoms with Crippen molar-refractivity contribution in [3.8, 4) is 0 Å². The first-order valence-corrected chi connectivity index (χ1v) is 8.17. The van der Waals surface area contributed by atoms with Crippen LogP contribution in [0.15, 0.2) is 40.3 Å².